The molecule has 0 spiro atoms. The van der Waals surface area contributed by atoms with Gasteiger partial charge in [0.05, 0.1) is 13.0 Å². The largest absolute Gasteiger partial charge is 0.573 e. The van der Waals surface area contributed by atoms with Crippen LogP contribution in [-0.2, 0) is 4.79 Å². The number of hydrogen-bond acceptors (Lipinski definition) is 3. The van der Waals surface area contributed by atoms with Crippen LogP contribution in [0.15, 0.2) is 24.3 Å². The second-order valence-electron chi connectivity index (χ2n) is 4.88. The number of carboxylic acid groups (broad SMARTS) is 1. The van der Waals surface area contributed by atoms with Gasteiger partial charge in [-0.1, -0.05) is 0 Å². The molecule has 1 aliphatic carbocycles. The number of alkyl halides is 3. The van der Waals surface area contributed by atoms with Crippen molar-refractivity contribution in [1.82, 2.24) is 0 Å². The normalized spacial score (nSPS) is 16.6. The van der Waals surface area contributed by atoms with E-state index in [2.05, 4.69) is 4.74 Å². The number of benzene rings is 1. The Hall–Kier alpha value is -1.92. The number of aliphatic carboxylic acids is 1. The summed E-state index contributed by atoms with van der Waals surface area (Å²) >= 11 is 0. The van der Waals surface area contributed by atoms with Crippen LogP contribution in [-0.4, -0.2) is 24.0 Å². The molecule has 1 aromatic rings. The van der Waals surface area contributed by atoms with Crippen LogP contribution in [0.2, 0.25) is 0 Å². The molecular weight excluding hydrogens is 277 g/mol. The molecule has 1 aliphatic rings. The van der Waals surface area contributed by atoms with Crippen LogP contribution >= 0.6 is 0 Å². The van der Waals surface area contributed by atoms with Crippen molar-refractivity contribution in [2.24, 2.45) is 5.41 Å². The number of carbonyl (C=O) groups is 1. The van der Waals surface area contributed by atoms with Crippen LogP contribution < -0.4 is 9.47 Å². The SMILES string of the molecule is O=C(O)CC1(COc2ccc(OC(F)(F)F)cc2)CC1. The highest BCUT2D eigenvalue weighted by Crippen LogP contribution is 2.49. The zero-order valence-electron chi connectivity index (χ0n) is 10.4. The summed E-state index contributed by atoms with van der Waals surface area (Å²) in [5.74, 6) is -0.812. The Morgan fingerprint density at radius 1 is 1.20 bits per heavy atom. The Balaban J connectivity index is 1.87. The van der Waals surface area contributed by atoms with E-state index in [0.29, 0.717) is 5.75 Å². The molecule has 20 heavy (non-hydrogen) atoms. The smallest absolute Gasteiger partial charge is 0.493 e. The maximum Gasteiger partial charge on any atom is 0.573 e. The molecule has 4 nitrogen and oxygen atoms in total. The van der Waals surface area contributed by atoms with E-state index < -0.39 is 12.3 Å². The fraction of sp³-hybridized carbons (Fsp3) is 0.462. The van der Waals surface area contributed by atoms with Crippen LogP contribution in [0.4, 0.5) is 13.2 Å². The third kappa shape index (κ3) is 4.32. The van der Waals surface area contributed by atoms with E-state index in [1.165, 1.54) is 12.1 Å². The van der Waals surface area contributed by atoms with Gasteiger partial charge in [0.15, 0.2) is 0 Å². The number of ether oxygens (including phenoxy) is 2. The first-order chi connectivity index (χ1) is 9.28. The Morgan fingerprint density at radius 3 is 2.20 bits per heavy atom. The van der Waals surface area contributed by atoms with Gasteiger partial charge in [0.25, 0.3) is 0 Å². The lowest BCUT2D eigenvalue weighted by Crippen LogP contribution is -2.18. The van der Waals surface area contributed by atoms with Gasteiger partial charge in [-0.25, -0.2) is 0 Å². The Labute approximate surface area is 113 Å². The van der Waals surface area contributed by atoms with Crippen LogP contribution in [0.5, 0.6) is 11.5 Å². The van der Waals surface area contributed by atoms with E-state index in [0.717, 1.165) is 25.0 Å². The lowest BCUT2D eigenvalue weighted by atomic mass is 10.0. The molecule has 0 aromatic heterocycles. The lowest BCUT2D eigenvalue weighted by Gasteiger charge is -2.14. The molecule has 0 saturated heterocycles. The standard InChI is InChI=1S/C13H13F3O4/c14-13(15,16)20-10-3-1-9(2-4-10)19-8-12(5-6-12)7-11(17)18/h1-4H,5-8H2,(H,17,18). The summed E-state index contributed by atoms with van der Waals surface area (Å²) in [6.07, 6.45) is -3.10. The quantitative estimate of drug-likeness (QED) is 0.874. The Bertz CT molecular complexity index is 477. The maximum absolute atomic E-state index is 12.0. The van der Waals surface area contributed by atoms with Crippen molar-refractivity contribution in [1.29, 1.82) is 0 Å². The second kappa shape index (κ2) is 5.22. The van der Waals surface area contributed by atoms with Gasteiger partial charge in [-0.3, -0.25) is 4.79 Å². The van der Waals surface area contributed by atoms with E-state index in [1.54, 1.807) is 0 Å². The van der Waals surface area contributed by atoms with Gasteiger partial charge in [0.1, 0.15) is 11.5 Å². The van der Waals surface area contributed by atoms with E-state index >= 15 is 0 Å². The summed E-state index contributed by atoms with van der Waals surface area (Å²) < 4.78 is 45.1. The van der Waals surface area contributed by atoms with Crippen molar-refractivity contribution < 1.29 is 32.5 Å². The van der Waals surface area contributed by atoms with E-state index in [1.807, 2.05) is 0 Å². The van der Waals surface area contributed by atoms with E-state index in [4.69, 9.17) is 9.84 Å². The van der Waals surface area contributed by atoms with E-state index in [-0.39, 0.29) is 24.2 Å². The molecule has 110 valence electrons. The second-order valence-corrected chi connectivity index (χ2v) is 4.88. The van der Waals surface area contributed by atoms with Gasteiger partial charge >= 0.3 is 12.3 Å². The summed E-state index contributed by atoms with van der Waals surface area (Å²) in [5, 5.41) is 8.75. The van der Waals surface area contributed by atoms with Crippen molar-refractivity contribution in [2.75, 3.05) is 6.61 Å². The van der Waals surface area contributed by atoms with Gasteiger partial charge in [-0.05, 0) is 37.1 Å². The van der Waals surface area contributed by atoms with Crippen LogP contribution in [0, 0.1) is 5.41 Å². The van der Waals surface area contributed by atoms with Crippen LogP contribution in [0.3, 0.4) is 0 Å². The first-order valence-corrected chi connectivity index (χ1v) is 5.98. The van der Waals surface area contributed by atoms with Crippen molar-refractivity contribution in [2.45, 2.75) is 25.6 Å². The van der Waals surface area contributed by atoms with E-state index in [9.17, 15) is 18.0 Å². The molecule has 0 atom stereocenters. The molecule has 0 aliphatic heterocycles. The predicted octanol–water partition coefficient (Wildman–Crippen LogP) is 3.22. The summed E-state index contributed by atoms with van der Waals surface area (Å²) in [7, 11) is 0. The number of rotatable bonds is 6. The third-order valence-electron chi connectivity index (χ3n) is 3.09. The van der Waals surface area contributed by atoms with Crippen LogP contribution in [0.25, 0.3) is 0 Å². The molecule has 1 saturated carbocycles. The predicted molar refractivity (Wildman–Crippen MR) is 62.5 cm³/mol. The molecule has 1 N–H and O–H groups in total. The van der Waals surface area contributed by atoms with Crippen molar-refractivity contribution in [3.05, 3.63) is 24.3 Å². The Morgan fingerprint density at radius 2 is 1.75 bits per heavy atom. The van der Waals surface area contributed by atoms with Gasteiger partial charge in [0, 0.05) is 5.41 Å². The molecule has 0 bridgehead atoms. The van der Waals surface area contributed by atoms with Crippen molar-refractivity contribution >= 4 is 5.97 Å². The number of halogens is 3. The summed E-state index contributed by atoms with van der Waals surface area (Å²) in [4.78, 5) is 10.7. The Kier molecular flexibility index (Phi) is 3.78. The van der Waals surface area contributed by atoms with Gasteiger partial charge in [-0.2, -0.15) is 0 Å². The molecule has 0 unspecified atom stereocenters. The molecule has 0 radical (unpaired) electrons. The summed E-state index contributed by atoms with van der Waals surface area (Å²) in [6, 6.07) is 5.02. The van der Waals surface area contributed by atoms with Gasteiger partial charge < -0.3 is 14.6 Å². The minimum atomic E-state index is -4.72. The first-order valence-electron chi connectivity index (χ1n) is 5.98. The van der Waals surface area contributed by atoms with Crippen molar-refractivity contribution in [3.8, 4) is 11.5 Å². The fourth-order valence-corrected chi connectivity index (χ4v) is 1.84. The molecule has 7 heteroatoms. The molecular formula is C13H13F3O4. The average Bonchev–Trinajstić information content (AvgIpc) is 3.05. The highest BCUT2D eigenvalue weighted by atomic mass is 19.4. The van der Waals surface area contributed by atoms with Crippen molar-refractivity contribution in [3.63, 3.8) is 0 Å². The third-order valence-corrected chi connectivity index (χ3v) is 3.09. The topological polar surface area (TPSA) is 55.8 Å². The van der Waals surface area contributed by atoms with Gasteiger partial charge in [0.2, 0.25) is 0 Å². The zero-order chi connectivity index (χ0) is 14.8. The first kappa shape index (κ1) is 14.5. The highest BCUT2D eigenvalue weighted by molar-refractivity contribution is 5.68. The minimum Gasteiger partial charge on any atom is -0.493 e. The maximum atomic E-state index is 12.0. The summed E-state index contributed by atoms with van der Waals surface area (Å²) in [5.41, 5.74) is -0.326. The molecule has 0 amide bonds. The zero-order valence-corrected chi connectivity index (χ0v) is 10.4. The number of hydrogen-bond donors (Lipinski definition) is 1. The fourth-order valence-electron chi connectivity index (χ4n) is 1.84. The molecule has 2 rings (SSSR count). The molecule has 1 fully saturated rings. The summed E-state index contributed by atoms with van der Waals surface area (Å²) in [6.45, 7) is 0.249. The monoisotopic (exact) mass is 290 g/mol. The highest BCUT2D eigenvalue weighted by Gasteiger charge is 2.45. The molecule has 1 aromatic carbocycles. The lowest BCUT2D eigenvalue weighted by molar-refractivity contribution is -0.274. The number of carboxylic acids is 1. The van der Waals surface area contributed by atoms with Gasteiger partial charge in [-0.15, -0.1) is 13.2 Å². The molecule has 0 heterocycles. The average molecular weight is 290 g/mol. The van der Waals surface area contributed by atoms with Crippen LogP contribution in [0.1, 0.15) is 19.3 Å². The minimum absolute atomic E-state index is 0.0439.